The number of sulfonamides is 1. The van der Waals surface area contributed by atoms with Crippen LogP contribution in [0.1, 0.15) is 92.4 Å². The molecule has 320 valence electrons. The maximum Gasteiger partial charge on any atom is 0.408 e. The van der Waals surface area contributed by atoms with E-state index in [0.717, 1.165) is 20.3 Å². The third-order valence-corrected chi connectivity index (χ3v) is 14.7. The first-order valence-electron chi connectivity index (χ1n) is 19.9. The Kier molecular flexibility index (Phi) is 11.9. The summed E-state index contributed by atoms with van der Waals surface area (Å²) < 4.78 is 86.5. The highest BCUT2D eigenvalue weighted by Gasteiger charge is 2.64. The SMILES string of the molecule is COc1cnc(O[C@@H]2C[C@H]3C(=O)N[C@]4(C(=O)NS(=O)(=O)C5(CF)CC5)C[C@H]4CCCC[C@@H](C)C[C@@H](C)[C@H](NC(=O)OC(C)(C)C(C)(F)F)C(=O)N3C2)c2ccccc12. The van der Waals surface area contributed by atoms with Crippen LogP contribution in [0, 0.1) is 17.8 Å². The molecule has 0 spiro atoms. The molecule has 7 atom stereocenters. The molecule has 6 rings (SSSR count). The Balaban J connectivity index is 1.35. The molecule has 4 fully saturated rings. The standard InChI is InChI=1S/C40H54F3N5O9S/c1-23-11-7-8-12-25-19-40(25,35(51)47-58(53,54)39(22-41)15-16-39)46-32(49)29-18-26(56-33-28-14-10-9-13-27(28)30(55-6)20-44-33)21-48(29)34(50)31(24(2)17-23)45-36(52)57-37(3,4)38(5,42)43/h9-10,13-14,20,23-26,29,31H,7-8,11-12,15-19,21-22H2,1-6H3,(H,45,52)(H,46,49)(H,47,51)/t23-,24-,25-,26-,29+,31+,40-/m1/s1. The Labute approximate surface area is 336 Å². The van der Waals surface area contributed by atoms with Crippen LogP contribution in [0.5, 0.6) is 11.6 Å². The Morgan fingerprint density at radius 3 is 2.36 bits per heavy atom. The normalized spacial score (nSPS) is 29.2. The van der Waals surface area contributed by atoms with Gasteiger partial charge in [-0.1, -0.05) is 51.3 Å². The number of amides is 4. The Bertz CT molecular complexity index is 2030. The third-order valence-electron chi connectivity index (χ3n) is 12.6. The summed E-state index contributed by atoms with van der Waals surface area (Å²) in [7, 11) is -2.91. The number of pyridine rings is 1. The minimum absolute atomic E-state index is 0.0390. The first-order valence-corrected chi connectivity index (χ1v) is 21.4. The molecule has 2 saturated heterocycles. The number of nitrogens with one attached hydrogen (secondary N) is 3. The second kappa shape index (κ2) is 16.0. The van der Waals surface area contributed by atoms with Gasteiger partial charge in [0.15, 0.2) is 5.60 Å². The van der Waals surface area contributed by atoms with Gasteiger partial charge in [-0.15, -0.1) is 0 Å². The molecule has 14 nitrogen and oxygen atoms in total. The van der Waals surface area contributed by atoms with Gasteiger partial charge in [-0.2, -0.15) is 0 Å². The van der Waals surface area contributed by atoms with Crippen molar-refractivity contribution >= 4 is 44.6 Å². The number of hydrogen-bond donors (Lipinski definition) is 3. The van der Waals surface area contributed by atoms with Gasteiger partial charge in [0.2, 0.25) is 27.7 Å². The molecule has 0 bridgehead atoms. The summed E-state index contributed by atoms with van der Waals surface area (Å²) in [5, 5.41) is 6.64. The third kappa shape index (κ3) is 8.53. The molecule has 2 aliphatic heterocycles. The van der Waals surface area contributed by atoms with E-state index in [1.165, 1.54) is 18.2 Å². The average Bonchev–Trinajstić information content (AvgIpc) is 4.06. The van der Waals surface area contributed by atoms with Crippen molar-refractivity contribution < 1.29 is 55.0 Å². The lowest BCUT2D eigenvalue weighted by Crippen LogP contribution is -2.60. The van der Waals surface area contributed by atoms with E-state index in [2.05, 4.69) is 20.3 Å². The van der Waals surface area contributed by atoms with Crippen molar-refractivity contribution in [3.05, 3.63) is 30.5 Å². The second-order valence-corrected chi connectivity index (χ2v) is 19.4. The van der Waals surface area contributed by atoms with E-state index < -0.39 is 92.3 Å². The van der Waals surface area contributed by atoms with Gasteiger partial charge in [-0.25, -0.2) is 31.4 Å². The summed E-state index contributed by atoms with van der Waals surface area (Å²) in [6, 6.07) is 4.58. The summed E-state index contributed by atoms with van der Waals surface area (Å²) in [4.78, 5) is 62.3. The average molecular weight is 838 g/mol. The van der Waals surface area contributed by atoms with Crippen molar-refractivity contribution in [1.82, 2.24) is 25.2 Å². The van der Waals surface area contributed by atoms with Gasteiger partial charge in [-0.05, 0) is 69.8 Å². The fourth-order valence-electron chi connectivity index (χ4n) is 8.21. The van der Waals surface area contributed by atoms with Crippen molar-refractivity contribution in [3.63, 3.8) is 0 Å². The van der Waals surface area contributed by atoms with Crippen LogP contribution < -0.4 is 24.8 Å². The van der Waals surface area contributed by atoms with Gasteiger partial charge in [-0.3, -0.25) is 19.1 Å². The van der Waals surface area contributed by atoms with E-state index in [1.54, 1.807) is 19.1 Å². The summed E-state index contributed by atoms with van der Waals surface area (Å²) in [5.74, 6) is -6.11. The van der Waals surface area contributed by atoms with Crippen LogP contribution in [0.3, 0.4) is 0 Å². The quantitative estimate of drug-likeness (QED) is 0.289. The molecule has 58 heavy (non-hydrogen) atoms. The number of alkyl carbamates (subject to hydrolysis) is 1. The monoisotopic (exact) mass is 837 g/mol. The van der Waals surface area contributed by atoms with Gasteiger partial charge in [0.1, 0.15) is 40.9 Å². The van der Waals surface area contributed by atoms with Crippen LogP contribution in [0.25, 0.3) is 10.8 Å². The number of aromatic nitrogens is 1. The number of rotatable bonds is 10. The number of alkyl halides is 3. The van der Waals surface area contributed by atoms with E-state index in [-0.39, 0.29) is 44.0 Å². The fraction of sp³-hybridized carbons (Fsp3) is 0.675. The first-order chi connectivity index (χ1) is 27.2. The lowest BCUT2D eigenvalue weighted by Gasteiger charge is -2.35. The largest absolute Gasteiger partial charge is 0.494 e. The van der Waals surface area contributed by atoms with E-state index in [9.17, 15) is 40.8 Å². The van der Waals surface area contributed by atoms with E-state index in [0.29, 0.717) is 49.1 Å². The molecule has 2 aromatic rings. The molecule has 2 saturated carbocycles. The zero-order chi connectivity index (χ0) is 42.4. The molecule has 18 heteroatoms. The Morgan fingerprint density at radius 1 is 1.05 bits per heavy atom. The zero-order valence-electron chi connectivity index (χ0n) is 33.7. The molecule has 1 aromatic carbocycles. The first kappa shape index (κ1) is 43.2. The lowest BCUT2D eigenvalue weighted by molar-refractivity contribution is -0.152. The van der Waals surface area contributed by atoms with E-state index in [1.807, 2.05) is 19.1 Å². The highest BCUT2D eigenvalue weighted by Crippen LogP contribution is 2.49. The van der Waals surface area contributed by atoms with Crippen molar-refractivity contribution in [2.24, 2.45) is 17.8 Å². The second-order valence-electron chi connectivity index (χ2n) is 17.3. The van der Waals surface area contributed by atoms with Crippen LogP contribution in [0.2, 0.25) is 0 Å². The van der Waals surface area contributed by atoms with Crippen molar-refractivity contribution in [1.29, 1.82) is 0 Å². The van der Waals surface area contributed by atoms with Crippen molar-refractivity contribution in [2.45, 2.75) is 132 Å². The van der Waals surface area contributed by atoms with Crippen LogP contribution in [-0.2, 0) is 29.1 Å². The molecule has 3 heterocycles. The Morgan fingerprint density at radius 2 is 1.72 bits per heavy atom. The summed E-state index contributed by atoms with van der Waals surface area (Å²) in [6.07, 6.45) is 2.56. The molecule has 2 aliphatic carbocycles. The smallest absolute Gasteiger partial charge is 0.408 e. The van der Waals surface area contributed by atoms with Gasteiger partial charge >= 0.3 is 6.09 Å². The number of carbonyl (C=O) groups excluding carboxylic acids is 4. The highest BCUT2D eigenvalue weighted by molar-refractivity contribution is 7.91. The molecule has 0 radical (unpaired) electrons. The number of nitrogens with zero attached hydrogens (tertiary/aromatic N) is 2. The maximum atomic E-state index is 14.8. The van der Waals surface area contributed by atoms with Crippen molar-refractivity contribution in [2.75, 3.05) is 20.3 Å². The zero-order valence-corrected chi connectivity index (χ0v) is 34.6. The van der Waals surface area contributed by atoms with E-state index in [4.69, 9.17) is 14.2 Å². The van der Waals surface area contributed by atoms with Crippen LogP contribution in [0.4, 0.5) is 18.0 Å². The predicted octanol–water partition coefficient (Wildman–Crippen LogP) is 5.18. The molecule has 4 aliphatic rings. The topological polar surface area (TPSA) is 182 Å². The number of halogens is 3. The van der Waals surface area contributed by atoms with Crippen LogP contribution >= 0.6 is 0 Å². The molecule has 1 aromatic heterocycles. The number of fused-ring (bicyclic) bond motifs is 3. The van der Waals surface area contributed by atoms with Gasteiger partial charge in [0.25, 0.3) is 11.8 Å². The van der Waals surface area contributed by atoms with Gasteiger partial charge < -0.3 is 29.7 Å². The van der Waals surface area contributed by atoms with Gasteiger partial charge in [0.05, 0.1) is 19.9 Å². The maximum absolute atomic E-state index is 14.8. The summed E-state index contributed by atoms with van der Waals surface area (Å²) >= 11 is 0. The number of ether oxygens (including phenoxy) is 3. The highest BCUT2D eigenvalue weighted by atomic mass is 32.2. The molecule has 3 N–H and O–H groups in total. The minimum atomic E-state index is -4.41. The molecule has 4 amide bonds. The number of benzene rings is 1. The molecule has 0 unspecified atom stereocenters. The van der Waals surface area contributed by atoms with E-state index >= 15 is 0 Å². The summed E-state index contributed by atoms with van der Waals surface area (Å²) in [6.45, 7) is 5.14. The molecular formula is C40H54F3N5O9S. The predicted molar refractivity (Wildman–Crippen MR) is 206 cm³/mol. The lowest BCUT2D eigenvalue weighted by atomic mass is 9.87. The van der Waals surface area contributed by atoms with Crippen molar-refractivity contribution in [3.8, 4) is 11.6 Å². The van der Waals surface area contributed by atoms with Crippen LogP contribution in [0.15, 0.2) is 30.5 Å². The molecular weight excluding hydrogens is 784 g/mol. The minimum Gasteiger partial charge on any atom is -0.494 e. The number of methoxy groups -OCH3 is 1. The summed E-state index contributed by atoms with van der Waals surface area (Å²) in [5.41, 5.74) is -3.87. The van der Waals surface area contributed by atoms with Gasteiger partial charge in [0, 0.05) is 24.1 Å². The van der Waals surface area contributed by atoms with Crippen LogP contribution in [-0.4, -0.2) is 102 Å². The Hall–Kier alpha value is -4.35. The number of carbonyl (C=O) groups is 4. The number of hydrogen-bond acceptors (Lipinski definition) is 10. The fourth-order valence-corrected chi connectivity index (χ4v) is 9.64.